The summed E-state index contributed by atoms with van der Waals surface area (Å²) in [6, 6.07) is 10.3. The Morgan fingerprint density at radius 3 is 2.13 bits per heavy atom. The molecule has 210 valence electrons. The van der Waals surface area contributed by atoms with E-state index in [4.69, 9.17) is 37.1 Å². The van der Waals surface area contributed by atoms with Crippen molar-refractivity contribution >= 4 is 49.5 Å². The second-order valence-corrected chi connectivity index (χ2v) is 11.7. The zero-order chi connectivity index (χ0) is 28.7. The normalized spacial score (nSPS) is 15.1. The third-order valence-electron chi connectivity index (χ3n) is 4.85. The molecule has 0 radical (unpaired) electrons. The van der Waals surface area contributed by atoms with Crippen LogP contribution in [0, 0.1) is 0 Å². The van der Waals surface area contributed by atoms with Crippen molar-refractivity contribution in [3.05, 3.63) is 47.5 Å². The molecular weight excluding hydrogens is 565 g/mol. The SMILES string of the molecule is CC1(C)N=C(N)N=C(N)N1c1ccc(OCCCOc2ccc(S(=O)(=O)F)cc2)c(Cl)c1.CCS(=O)(=O)O. The fourth-order valence-electron chi connectivity index (χ4n) is 3.13. The van der Waals surface area contributed by atoms with E-state index in [0.717, 1.165) is 12.1 Å². The van der Waals surface area contributed by atoms with Crippen LogP contribution >= 0.6 is 11.6 Å². The molecule has 38 heavy (non-hydrogen) atoms. The summed E-state index contributed by atoms with van der Waals surface area (Å²) in [5, 5.41) is 0.387. The quantitative estimate of drug-likeness (QED) is 0.221. The van der Waals surface area contributed by atoms with Crippen molar-refractivity contribution in [1.29, 1.82) is 0 Å². The Kier molecular flexibility index (Phi) is 10.3. The first kappa shape index (κ1) is 31.1. The molecule has 0 bridgehead atoms. The summed E-state index contributed by atoms with van der Waals surface area (Å²) >= 11 is 6.37. The van der Waals surface area contributed by atoms with Crippen molar-refractivity contribution in [2.75, 3.05) is 23.9 Å². The lowest BCUT2D eigenvalue weighted by Crippen LogP contribution is -2.54. The molecule has 0 amide bonds. The van der Waals surface area contributed by atoms with Crippen molar-refractivity contribution in [3.63, 3.8) is 0 Å². The van der Waals surface area contributed by atoms with Gasteiger partial charge in [-0.1, -0.05) is 11.6 Å². The van der Waals surface area contributed by atoms with Crippen LogP contribution in [0.15, 0.2) is 57.3 Å². The van der Waals surface area contributed by atoms with Crippen molar-refractivity contribution < 1.29 is 34.7 Å². The molecule has 0 saturated carbocycles. The zero-order valence-corrected chi connectivity index (χ0v) is 23.2. The number of nitrogens with zero attached hydrogens (tertiary/aromatic N) is 3. The Morgan fingerprint density at radius 2 is 1.63 bits per heavy atom. The van der Waals surface area contributed by atoms with Gasteiger partial charge in [0.2, 0.25) is 11.9 Å². The molecule has 2 aromatic carbocycles. The molecule has 1 heterocycles. The minimum Gasteiger partial charge on any atom is -0.493 e. The van der Waals surface area contributed by atoms with Crippen LogP contribution in [-0.2, 0) is 20.3 Å². The van der Waals surface area contributed by atoms with Gasteiger partial charge in [-0.3, -0.25) is 9.45 Å². The number of ether oxygens (including phenoxy) is 2. The average Bonchev–Trinajstić information content (AvgIpc) is 2.78. The van der Waals surface area contributed by atoms with Crippen LogP contribution in [-0.4, -0.2) is 57.9 Å². The third kappa shape index (κ3) is 9.31. The van der Waals surface area contributed by atoms with E-state index in [1.807, 2.05) is 13.8 Å². The van der Waals surface area contributed by atoms with E-state index in [-0.39, 0.29) is 17.7 Å². The molecule has 0 spiro atoms. The van der Waals surface area contributed by atoms with Crippen LogP contribution < -0.4 is 25.8 Å². The van der Waals surface area contributed by atoms with Gasteiger partial charge in [-0.15, -0.1) is 3.89 Å². The maximum atomic E-state index is 12.9. The average molecular weight is 594 g/mol. The predicted molar refractivity (Wildman–Crippen MR) is 144 cm³/mol. The van der Waals surface area contributed by atoms with Crippen LogP contribution in [0.5, 0.6) is 11.5 Å². The summed E-state index contributed by atoms with van der Waals surface area (Å²) in [7, 11) is -8.38. The van der Waals surface area contributed by atoms with E-state index >= 15 is 0 Å². The molecule has 5 N–H and O–H groups in total. The molecule has 1 aliphatic heterocycles. The molecule has 0 fully saturated rings. The molecular formula is C22H29ClFN5O7S2. The van der Waals surface area contributed by atoms with E-state index in [1.165, 1.54) is 19.1 Å². The maximum absolute atomic E-state index is 12.9. The number of anilines is 1. The Bertz CT molecular complexity index is 1400. The molecule has 0 aliphatic carbocycles. The van der Waals surface area contributed by atoms with E-state index in [0.29, 0.717) is 41.8 Å². The number of benzene rings is 2. The molecule has 12 nitrogen and oxygen atoms in total. The van der Waals surface area contributed by atoms with Gasteiger partial charge >= 0.3 is 10.2 Å². The smallest absolute Gasteiger partial charge is 0.332 e. The number of hydrogen-bond donors (Lipinski definition) is 3. The molecule has 0 atom stereocenters. The fourth-order valence-corrected chi connectivity index (χ4v) is 3.82. The van der Waals surface area contributed by atoms with Gasteiger partial charge < -0.3 is 20.9 Å². The second-order valence-electron chi connectivity index (χ2n) is 8.21. The highest BCUT2D eigenvalue weighted by molar-refractivity contribution is 7.86. The van der Waals surface area contributed by atoms with Crippen LogP contribution in [0.25, 0.3) is 0 Å². The van der Waals surface area contributed by atoms with Gasteiger partial charge in [0.1, 0.15) is 17.2 Å². The van der Waals surface area contributed by atoms with Gasteiger partial charge in [-0.05, 0) is 63.2 Å². The number of rotatable bonds is 9. The number of nitrogens with two attached hydrogens (primary N) is 2. The molecule has 16 heteroatoms. The predicted octanol–water partition coefficient (Wildman–Crippen LogP) is 2.93. The lowest BCUT2D eigenvalue weighted by molar-refractivity contribution is 0.247. The first-order valence-corrected chi connectivity index (χ1v) is 14.5. The summed E-state index contributed by atoms with van der Waals surface area (Å²) in [5.74, 6) is 1.03. The van der Waals surface area contributed by atoms with E-state index in [2.05, 4.69) is 9.98 Å². The molecule has 1 aliphatic rings. The summed E-state index contributed by atoms with van der Waals surface area (Å²) in [4.78, 5) is 9.61. The molecule has 0 unspecified atom stereocenters. The van der Waals surface area contributed by atoms with Gasteiger partial charge in [0, 0.05) is 12.1 Å². The van der Waals surface area contributed by atoms with Gasteiger partial charge in [0.25, 0.3) is 10.1 Å². The number of aliphatic imine (C=N–C) groups is 2. The van der Waals surface area contributed by atoms with Crippen molar-refractivity contribution in [2.45, 2.75) is 37.8 Å². The Hall–Kier alpha value is -3.14. The number of guanidine groups is 2. The highest BCUT2D eigenvalue weighted by Gasteiger charge is 2.33. The van der Waals surface area contributed by atoms with Crippen LogP contribution in [0.3, 0.4) is 0 Å². The van der Waals surface area contributed by atoms with Crippen molar-refractivity contribution in [2.24, 2.45) is 21.5 Å². The van der Waals surface area contributed by atoms with Gasteiger partial charge in [0.15, 0.2) is 0 Å². The third-order valence-corrected chi connectivity index (χ3v) is 6.71. The summed E-state index contributed by atoms with van der Waals surface area (Å²) in [5.41, 5.74) is 11.7. The van der Waals surface area contributed by atoms with E-state index in [1.54, 1.807) is 23.1 Å². The van der Waals surface area contributed by atoms with Crippen LogP contribution in [0.2, 0.25) is 5.02 Å². The van der Waals surface area contributed by atoms with Crippen LogP contribution in [0.4, 0.5) is 9.57 Å². The van der Waals surface area contributed by atoms with E-state index < -0.39 is 30.9 Å². The summed E-state index contributed by atoms with van der Waals surface area (Å²) in [6.45, 7) is 5.71. The highest BCUT2D eigenvalue weighted by atomic mass is 35.5. The number of hydrogen-bond acceptors (Lipinski definition) is 11. The summed E-state index contributed by atoms with van der Waals surface area (Å²) in [6.07, 6.45) is 0.536. The topological polar surface area (TPSA) is 187 Å². The minimum absolute atomic E-state index is 0.111. The molecule has 0 aromatic heterocycles. The van der Waals surface area contributed by atoms with Gasteiger partial charge in [-0.2, -0.15) is 21.8 Å². The maximum Gasteiger partial charge on any atom is 0.332 e. The Balaban J connectivity index is 0.000000757. The monoisotopic (exact) mass is 593 g/mol. The molecule has 3 rings (SSSR count). The number of halogens is 2. The minimum atomic E-state index is -4.72. The molecule has 2 aromatic rings. The van der Waals surface area contributed by atoms with Gasteiger partial charge in [-0.25, -0.2) is 4.99 Å². The highest BCUT2D eigenvalue weighted by Crippen LogP contribution is 2.34. The van der Waals surface area contributed by atoms with Crippen molar-refractivity contribution in [1.82, 2.24) is 0 Å². The largest absolute Gasteiger partial charge is 0.493 e. The Labute approximate surface area is 226 Å². The first-order chi connectivity index (χ1) is 17.5. The first-order valence-electron chi connectivity index (χ1n) is 11.1. The van der Waals surface area contributed by atoms with Gasteiger partial charge in [0.05, 0.1) is 28.9 Å². The fraction of sp³-hybridized carbons (Fsp3) is 0.364. The molecule has 0 saturated heterocycles. The standard InChI is InChI=1S/C20H23ClFN5O4S.C2H6O3S/c1-20(2)26-18(23)25-19(24)27(20)13-4-9-17(16(21)12-13)31-11-3-10-30-14-5-7-15(8-6-14)32(22,28)29;1-2-6(3,4)5/h4-9,12H,3,10-11H2,1-2H3,(H4,23,24,25,26);2H2,1H3,(H,3,4,5). The second kappa shape index (κ2) is 12.6. The Morgan fingerprint density at radius 1 is 1.05 bits per heavy atom. The zero-order valence-electron chi connectivity index (χ0n) is 20.8. The summed E-state index contributed by atoms with van der Waals surface area (Å²) < 4.78 is 72.6. The lowest BCUT2D eigenvalue weighted by atomic mass is 10.1. The lowest BCUT2D eigenvalue weighted by Gasteiger charge is -2.38. The van der Waals surface area contributed by atoms with Crippen LogP contribution in [0.1, 0.15) is 27.2 Å². The van der Waals surface area contributed by atoms with E-state index in [9.17, 15) is 20.7 Å². The van der Waals surface area contributed by atoms with Crippen molar-refractivity contribution in [3.8, 4) is 11.5 Å².